The van der Waals surface area contributed by atoms with Crippen LogP contribution in [0.25, 0.3) is 0 Å². The largest absolute Gasteiger partial charge is 0.496 e. The number of benzene rings is 3. The Hall–Kier alpha value is -5.13. The van der Waals surface area contributed by atoms with E-state index >= 15 is 0 Å². The first kappa shape index (κ1) is 23.0. The van der Waals surface area contributed by atoms with Gasteiger partial charge in [0.05, 0.1) is 39.7 Å². The Balaban J connectivity index is 1.58. The van der Waals surface area contributed by atoms with E-state index in [0.717, 1.165) is 6.07 Å². The molecule has 35 heavy (non-hydrogen) atoms. The number of anilines is 1. The van der Waals surface area contributed by atoms with Crippen LogP contribution in [-0.4, -0.2) is 34.7 Å². The van der Waals surface area contributed by atoms with Gasteiger partial charge in [-0.05, 0) is 35.9 Å². The highest BCUT2D eigenvalue weighted by atomic mass is 16.6. The van der Waals surface area contributed by atoms with Gasteiger partial charge in [0.2, 0.25) is 0 Å². The lowest BCUT2D eigenvalue weighted by atomic mass is 10.1. The third-order valence-electron chi connectivity index (χ3n) is 5.23. The van der Waals surface area contributed by atoms with E-state index in [9.17, 15) is 34.6 Å². The second kappa shape index (κ2) is 9.02. The molecular weight excluding hydrogens is 462 g/mol. The average molecular weight is 477 g/mol. The zero-order valence-electron chi connectivity index (χ0n) is 18.0. The Bertz CT molecular complexity index is 1420. The number of nitro benzene ring substituents is 2. The second-order valence-corrected chi connectivity index (χ2v) is 7.32. The first-order valence-corrected chi connectivity index (χ1v) is 9.97. The molecule has 0 radical (unpaired) electrons. The summed E-state index contributed by atoms with van der Waals surface area (Å²) in [4.78, 5) is 60.2. The number of hydrogen-bond donors (Lipinski definition) is 0. The van der Waals surface area contributed by atoms with Crippen LogP contribution < -0.4 is 9.64 Å². The van der Waals surface area contributed by atoms with E-state index in [-0.39, 0.29) is 40.4 Å². The molecule has 0 fully saturated rings. The molecule has 0 atom stereocenters. The number of imide groups is 1. The van der Waals surface area contributed by atoms with Crippen molar-refractivity contribution < 1.29 is 33.7 Å². The number of fused-ring (bicyclic) bond motifs is 1. The molecule has 0 N–H and O–H groups in total. The van der Waals surface area contributed by atoms with E-state index in [1.807, 2.05) is 0 Å². The van der Waals surface area contributed by atoms with E-state index < -0.39 is 33.3 Å². The monoisotopic (exact) mass is 477 g/mol. The van der Waals surface area contributed by atoms with Gasteiger partial charge in [0.1, 0.15) is 18.0 Å². The molecule has 0 saturated heterocycles. The van der Waals surface area contributed by atoms with Crippen LogP contribution in [0.1, 0.15) is 36.6 Å². The molecule has 0 saturated carbocycles. The van der Waals surface area contributed by atoms with Crippen LogP contribution in [0.3, 0.4) is 0 Å². The van der Waals surface area contributed by atoms with Gasteiger partial charge in [-0.3, -0.25) is 29.8 Å². The van der Waals surface area contributed by atoms with Crippen molar-refractivity contribution in [3.05, 3.63) is 103 Å². The van der Waals surface area contributed by atoms with Crippen LogP contribution in [0.4, 0.5) is 17.1 Å². The maximum atomic E-state index is 13.0. The number of non-ortho nitro benzene ring substituents is 1. The highest BCUT2D eigenvalue weighted by Crippen LogP contribution is 2.37. The van der Waals surface area contributed by atoms with Gasteiger partial charge < -0.3 is 9.47 Å². The van der Waals surface area contributed by atoms with E-state index in [1.54, 1.807) is 6.07 Å². The standard InChI is InChI=1S/C23H15N3O9/c1-34-16-6-8-19(20(11-16)26(32)33)24-21(27)17-7-5-14(10-18(17)22(24)28)23(29)35-12-13-3-2-4-15(9-13)25(30)31/h2-11H,12H2,1H3. The number of carbonyl (C=O) groups excluding carboxylic acids is 3. The van der Waals surface area contributed by atoms with Gasteiger partial charge in [-0.25, -0.2) is 9.69 Å². The van der Waals surface area contributed by atoms with Gasteiger partial charge >= 0.3 is 5.97 Å². The molecular formula is C23H15N3O9. The van der Waals surface area contributed by atoms with Crippen molar-refractivity contribution in [1.82, 2.24) is 0 Å². The topological polar surface area (TPSA) is 159 Å². The predicted molar refractivity (Wildman–Crippen MR) is 119 cm³/mol. The number of nitro groups is 2. The number of rotatable bonds is 7. The van der Waals surface area contributed by atoms with Crippen molar-refractivity contribution in [2.24, 2.45) is 0 Å². The van der Waals surface area contributed by atoms with E-state index in [0.29, 0.717) is 10.5 Å². The molecule has 1 aliphatic rings. The van der Waals surface area contributed by atoms with Gasteiger partial charge in [-0.15, -0.1) is 0 Å². The molecule has 12 nitrogen and oxygen atoms in total. The quantitative estimate of drug-likeness (QED) is 0.214. The average Bonchev–Trinajstić information content (AvgIpc) is 3.11. The first-order valence-electron chi connectivity index (χ1n) is 9.97. The molecule has 176 valence electrons. The molecule has 1 heterocycles. The molecule has 0 aromatic heterocycles. The van der Waals surface area contributed by atoms with Crippen LogP contribution in [0, 0.1) is 20.2 Å². The van der Waals surface area contributed by atoms with Crippen LogP contribution in [-0.2, 0) is 11.3 Å². The number of ether oxygens (including phenoxy) is 2. The van der Waals surface area contributed by atoms with Crippen molar-refractivity contribution in [1.29, 1.82) is 0 Å². The third-order valence-corrected chi connectivity index (χ3v) is 5.23. The zero-order valence-corrected chi connectivity index (χ0v) is 18.0. The summed E-state index contributed by atoms with van der Waals surface area (Å²) in [6.07, 6.45) is 0. The fourth-order valence-corrected chi connectivity index (χ4v) is 3.54. The lowest BCUT2D eigenvalue weighted by molar-refractivity contribution is -0.385. The fourth-order valence-electron chi connectivity index (χ4n) is 3.54. The summed E-state index contributed by atoms with van der Waals surface area (Å²) in [5.74, 6) is -2.28. The summed E-state index contributed by atoms with van der Waals surface area (Å²) < 4.78 is 10.2. The van der Waals surface area contributed by atoms with Crippen LogP contribution >= 0.6 is 0 Å². The number of amides is 2. The second-order valence-electron chi connectivity index (χ2n) is 7.32. The minimum absolute atomic E-state index is 0.0321. The zero-order chi connectivity index (χ0) is 25.3. The highest BCUT2D eigenvalue weighted by molar-refractivity contribution is 6.35. The van der Waals surface area contributed by atoms with Crippen LogP contribution in [0.5, 0.6) is 5.75 Å². The Morgan fingerprint density at radius 2 is 1.66 bits per heavy atom. The number of carbonyl (C=O) groups is 3. The lowest BCUT2D eigenvalue weighted by Gasteiger charge is -2.14. The van der Waals surface area contributed by atoms with Crippen LogP contribution in [0.15, 0.2) is 60.7 Å². The van der Waals surface area contributed by atoms with Gasteiger partial charge in [0.15, 0.2) is 0 Å². The number of nitrogens with zero attached hydrogens (tertiary/aromatic N) is 3. The van der Waals surface area contributed by atoms with Crippen molar-refractivity contribution in [3.63, 3.8) is 0 Å². The summed E-state index contributed by atoms with van der Waals surface area (Å²) in [7, 11) is 1.32. The number of methoxy groups -OCH3 is 1. The molecule has 1 aliphatic heterocycles. The van der Waals surface area contributed by atoms with E-state index in [1.165, 1.54) is 55.6 Å². The van der Waals surface area contributed by atoms with Crippen molar-refractivity contribution in [3.8, 4) is 5.75 Å². The van der Waals surface area contributed by atoms with Gasteiger partial charge in [-0.1, -0.05) is 12.1 Å². The van der Waals surface area contributed by atoms with Gasteiger partial charge in [0.25, 0.3) is 23.2 Å². The third kappa shape index (κ3) is 4.27. The first-order chi connectivity index (χ1) is 16.7. The maximum Gasteiger partial charge on any atom is 0.338 e. The summed E-state index contributed by atoms with van der Waals surface area (Å²) in [6.45, 7) is -0.255. The molecule has 2 amide bonds. The molecule has 0 bridgehead atoms. The molecule has 0 unspecified atom stereocenters. The number of hydrogen-bond acceptors (Lipinski definition) is 9. The molecule has 0 aliphatic carbocycles. The molecule has 3 aromatic carbocycles. The van der Waals surface area contributed by atoms with Crippen molar-refractivity contribution in [2.45, 2.75) is 6.61 Å². The Morgan fingerprint density at radius 1 is 0.914 bits per heavy atom. The van der Waals surface area contributed by atoms with Crippen molar-refractivity contribution >= 4 is 34.8 Å². The molecule has 4 rings (SSSR count). The summed E-state index contributed by atoms with van der Waals surface area (Å²) in [5.41, 5.74) is -0.709. The Morgan fingerprint density at radius 3 is 2.34 bits per heavy atom. The lowest BCUT2D eigenvalue weighted by Crippen LogP contribution is -2.30. The van der Waals surface area contributed by atoms with Gasteiger partial charge in [0, 0.05) is 12.1 Å². The maximum absolute atomic E-state index is 13.0. The number of esters is 1. The normalized spacial score (nSPS) is 12.3. The van der Waals surface area contributed by atoms with E-state index in [2.05, 4.69) is 0 Å². The van der Waals surface area contributed by atoms with Gasteiger partial charge in [-0.2, -0.15) is 0 Å². The fraction of sp³-hybridized carbons (Fsp3) is 0.0870. The van der Waals surface area contributed by atoms with Crippen LogP contribution in [0.2, 0.25) is 0 Å². The minimum atomic E-state index is -0.841. The SMILES string of the molecule is COc1ccc(N2C(=O)c3ccc(C(=O)OCc4cccc([N+](=O)[O-])c4)cc3C2=O)c([N+](=O)[O-])c1. The molecule has 12 heteroatoms. The minimum Gasteiger partial charge on any atom is -0.496 e. The van der Waals surface area contributed by atoms with E-state index in [4.69, 9.17) is 9.47 Å². The summed E-state index contributed by atoms with van der Waals surface area (Å²) in [5, 5.41) is 22.4. The summed E-state index contributed by atoms with van der Waals surface area (Å²) in [6, 6.07) is 13.0. The summed E-state index contributed by atoms with van der Waals surface area (Å²) >= 11 is 0. The molecule has 0 spiro atoms. The Kier molecular flexibility index (Phi) is 5.94. The smallest absolute Gasteiger partial charge is 0.338 e. The highest BCUT2D eigenvalue weighted by Gasteiger charge is 2.40. The van der Waals surface area contributed by atoms with Crippen molar-refractivity contribution in [2.75, 3.05) is 12.0 Å². The molecule has 3 aromatic rings. The predicted octanol–water partition coefficient (Wildman–Crippen LogP) is 3.67. The Labute approximate surface area is 196 Å².